The molecule has 1 heterocycles. The predicted octanol–water partition coefficient (Wildman–Crippen LogP) is 0.444. The molecule has 2 amide bonds. The lowest BCUT2D eigenvalue weighted by atomic mass is 9.96. The van der Waals surface area contributed by atoms with Crippen LogP contribution in [0.3, 0.4) is 0 Å². The van der Waals surface area contributed by atoms with Crippen molar-refractivity contribution in [3.63, 3.8) is 0 Å². The number of urea groups is 1. The number of carbonyl (C=O) groups is 2. The molecule has 2 aliphatic rings. The molecule has 2 fully saturated rings. The van der Waals surface area contributed by atoms with E-state index in [1.54, 1.807) is 0 Å². The van der Waals surface area contributed by atoms with Crippen LogP contribution in [0.5, 0.6) is 0 Å². The molecule has 108 valence electrons. The molecule has 1 aliphatic carbocycles. The molecule has 0 aromatic heterocycles. The smallest absolute Gasteiger partial charge is 0.317 e. The number of carboxylic acids is 1. The normalized spacial score (nSPS) is 28.4. The first-order valence-electron chi connectivity index (χ1n) is 7.02. The van der Waals surface area contributed by atoms with Crippen molar-refractivity contribution >= 4 is 12.0 Å². The van der Waals surface area contributed by atoms with E-state index >= 15 is 0 Å². The predicted molar refractivity (Wildman–Crippen MR) is 70.9 cm³/mol. The van der Waals surface area contributed by atoms with Crippen LogP contribution < -0.4 is 5.32 Å². The minimum Gasteiger partial charge on any atom is -0.481 e. The summed E-state index contributed by atoms with van der Waals surface area (Å²) < 4.78 is 0. The second kappa shape index (κ2) is 6.23. The summed E-state index contributed by atoms with van der Waals surface area (Å²) in [6, 6.07) is -0.0517. The van der Waals surface area contributed by atoms with Crippen LogP contribution in [0.2, 0.25) is 0 Å². The molecule has 2 unspecified atom stereocenters. The number of likely N-dealkylation sites (N-methyl/N-ethyl adjacent to an activating group) is 1. The third kappa shape index (κ3) is 3.59. The van der Waals surface area contributed by atoms with Gasteiger partial charge in [-0.15, -0.1) is 0 Å². The molecule has 2 N–H and O–H groups in total. The van der Waals surface area contributed by atoms with E-state index in [1.165, 1.54) is 0 Å². The molecule has 0 spiro atoms. The summed E-state index contributed by atoms with van der Waals surface area (Å²) in [5.74, 6) is -0.918. The third-order valence-corrected chi connectivity index (χ3v) is 4.28. The minimum atomic E-state index is -0.726. The first kappa shape index (κ1) is 14.1. The van der Waals surface area contributed by atoms with Crippen LogP contribution in [0.15, 0.2) is 0 Å². The van der Waals surface area contributed by atoms with E-state index in [2.05, 4.69) is 10.2 Å². The summed E-state index contributed by atoms with van der Waals surface area (Å²) >= 11 is 0. The van der Waals surface area contributed by atoms with E-state index < -0.39 is 5.97 Å². The molecule has 0 aromatic carbocycles. The number of hydrogen-bond acceptors (Lipinski definition) is 3. The summed E-state index contributed by atoms with van der Waals surface area (Å²) in [5, 5.41) is 12.0. The van der Waals surface area contributed by atoms with Crippen molar-refractivity contribution in [1.82, 2.24) is 15.1 Å². The first-order valence-corrected chi connectivity index (χ1v) is 7.02. The summed E-state index contributed by atoms with van der Waals surface area (Å²) in [5.41, 5.74) is 0. The van der Waals surface area contributed by atoms with E-state index in [0.717, 1.165) is 45.4 Å². The largest absolute Gasteiger partial charge is 0.481 e. The molecule has 6 heteroatoms. The molecule has 0 aromatic rings. The number of piperazine rings is 1. The zero-order valence-electron chi connectivity index (χ0n) is 11.5. The number of aliphatic carboxylic acids is 1. The van der Waals surface area contributed by atoms with E-state index in [0.29, 0.717) is 6.54 Å². The molecule has 1 saturated carbocycles. The highest BCUT2D eigenvalue weighted by atomic mass is 16.4. The average Bonchev–Trinajstić information content (AvgIpc) is 2.85. The van der Waals surface area contributed by atoms with Crippen molar-refractivity contribution in [2.24, 2.45) is 11.8 Å². The van der Waals surface area contributed by atoms with Gasteiger partial charge < -0.3 is 20.2 Å². The number of rotatable bonds is 3. The van der Waals surface area contributed by atoms with E-state index in [-0.39, 0.29) is 17.9 Å². The molecular weight excluding hydrogens is 246 g/mol. The van der Waals surface area contributed by atoms with Gasteiger partial charge in [0.2, 0.25) is 0 Å². The average molecular weight is 269 g/mol. The van der Waals surface area contributed by atoms with E-state index in [4.69, 9.17) is 5.11 Å². The molecular formula is C13H23N3O3. The van der Waals surface area contributed by atoms with Crippen LogP contribution in [0.4, 0.5) is 4.79 Å². The van der Waals surface area contributed by atoms with Crippen molar-refractivity contribution in [2.75, 3.05) is 39.8 Å². The monoisotopic (exact) mass is 269 g/mol. The van der Waals surface area contributed by atoms with Gasteiger partial charge in [0.05, 0.1) is 5.92 Å². The topological polar surface area (TPSA) is 72.9 Å². The third-order valence-electron chi connectivity index (χ3n) is 4.28. The Morgan fingerprint density at radius 1 is 1.21 bits per heavy atom. The standard InChI is InChI=1S/C13H23N3O3/c1-15-5-7-16(8-6-15)13(19)14-9-10-3-2-4-11(10)12(17)18/h10-11H,2-9H2,1H3,(H,14,19)(H,17,18). The number of carbonyl (C=O) groups excluding carboxylic acids is 1. The fraction of sp³-hybridized carbons (Fsp3) is 0.846. The molecule has 2 rings (SSSR count). The molecule has 0 radical (unpaired) electrons. The Bertz CT molecular complexity index is 340. The van der Waals surface area contributed by atoms with Crippen molar-refractivity contribution in [1.29, 1.82) is 0 Å². The van der Waals surface area contributed by atoms with Gasteiger partial charge in [-0.05, 0) is 25.8 Å². The fourth-order valence-electron chi connectivity index (χ4n) is 2.95. The molecule has 0 bridgehead atoms. The Hall–Kier alpha value is -1.30. The van der Waals surface area contributed by atoms with Gasteiger partial charge >= 0.3 is 12.0 Å². The lowest BCUT2D eigenvalue weighted by Crippen LogP contribution is -2.51. The van der Waals surface area contributed by atoms with Gasteiger partial charge in [0, 0.05) is 32.7 Å². The zero-order chi connectivity index (χ0) is 13.8. The second-order valence-corrected chi connectivity index (χ2v) is 5.61. The minimum absolute atomic E-state index is 0.0517. The van der Waals surface area contributed by atoms with Gasteiger partial charge in [-0.1, -0.05) is 6.42 Å². The molecule has 19 heavy (non-hydrogen) atoms. The van der Waals surface area contributed by atoms with Crippen molar-refractivity contribution in [2.45, 2.75) is 19.3 Å². The first-order chi connectivity index (χ1) is 9.08. The Morgan fingerprint density at radius 2 is 1.89 bits per heavy atom. The number of nitrogens with zero attached hydrogens (tertiary/aromatic N) is 2. The highest BCUT2D eigenvalue weighted by Gasteiger charge is 2.33. The fourth-order valence-corrected chi connectivity index (χ4v) is 2.95. The maximum atomic E-state index is 12.0. The summed E-state index contributed by atoms with van der Waals surface area (Å²) in [7, 11) is 2.05. The molecule has 6 nitrogen and oxygen atoms in total. The lowest BCUT2D eigenvalue weighted by Gasteiger charge is -2.32. The van der Waals surface area contributed by atoms with E-state index in [1.807, 2.05) is 11.9 Å². The molecule has 1 aliphatic heterocycles. The summed E-state index contributed by atoms with van der Waals surface area (Å²) in [6.07, 6.45) is 2.59. The van der Waals surface area contributed by atoms with Crippen molar-refractivity contribution in [3.05, 3.63) is 0 Å². The van der Waals surface area contributed by atoms with Crippen LogP contribution in [0.25, 0.3) is 0 Å². The maximum Gasteiger partial charge on any atom is 0.317 e. The van der Waals surface area contributed by atoms with Crippen molar-refractivity contribution < 1.29 is 14.7 Å². The Labute approximate surface area is 113 Å². The maximum absolute atomic E-state index is 12.0. The van der Waals surface area contributed by atoms with Gasteiger partial charge in [0.25, 0.3) is 0 Å². The van der Waals surface area contributed by atoms with Gasteiger partial charge in [0.1, 0.15) is 0 Å². The van der Waals surface area contributed by atoms with Gasteiger partial charge in [-0.3, -0.25) is 4.79 Å². The second-order valence-electron chi connectivity index (χ2n) is 5.61. The van der Waals surface area contributed by atoms with Crippen LogP contribution in [0, 0.1) is 11.8 Å². The van der Waals surface area contributed by atoms with Crippen LogP contribution >= 0.6 is 0 Å². The number of nitrogens with one attached hydrogen (secondary N) is 1. The highest BCUT2D eigenvalue weighted by molar-refractivity contribution is 5.74. The highest BCUT2D eigenvalue weighted by Crippen LogP contribution is 2.31. The van der Waals surface area contributed by atoms with Crippen LogP contribution in [-0.2, 0) is 4.79 Å². The summed E-state index contributed by atoms with van der Waals surface area (Å²) in [6.45, 7) is 3.77. The lowest BCUT2D eigenvalue weighted by molar-refractivity contribution is -0.142. The van der Waals surface area contributed by atoms with Crippen LogP contribution in [-0.4, -0.2) is 66.7 Å². The molecule has 1 saturated heterocycles. The summed E-state index contributed by atoms with van der Waals surface area (Å²) in [4.78, 5) is 27.1. The van der Waals surface area contributed by atoms with Gasteiger partial charge in [0.15, 0.2) is 0 Å². The van der Waals surface area contributed by atoms with E-state index in [9.17, 15) is 9.59 Å². The zero-order valence-corrected chi connectivity index (χ0v) is 11.5. The SMILES string of the molecule is CN1CCN(C(=O)NCC2CCCC2C(=O)O)CC1. The quantitative estimate of drug-likeness (QED) is 0.780. The van der Waals surface area contributed by atoms with Gasteiger partial charge in [-0.25, -0.2) is 4.79 Å². The molecule has 2 atom stereocenters. The Morgan fingerprint density at radius 3 is 2.53 bits per heavy atom. The van der Waals surface area contributed by atoms with Crippen LogP contribution in [0.1, 0.15) is 19.3 Å². The van der Waals surface area contributed by atoms with Crippen molar-refractivity contribution in [3.8, 4) is 0 Å². The van der Waals surface area contributed by atoms with Gasteiger partial charge in [-0.2, -0.15) is 0 Å². The Balaban J connectivity index is 1.75. The number of carboxylic acid groups (broad SMARTS) is 1. The number of amides is 2. The Kier molecular flexibility index (Phi) is 4.63. The number of hydrogen-bond donors (Lipinski definition) is 2.